The molecular weight excluding hydrogens is 381 g/mol. The van der Waals surface area contributed by atoms with Crippen LogP contribution in [0.2, 0.25) is 0 Å². The van der Waals surface area contributed by atoms with Crippen molar-refractivity contribution in [3.63, 3.8) is 0 Å². The number of phenolic OH excluding ortho intramolecular Hbond substituents is 1. The van der Waals surface area contributed by atoms with Crippen LogP contribution in [0.1, 0.15) is 11.1 Å². The Kier molecular flexibility index (Phi) is 5.61. The van der Waals surface area contributed by atoms with E-state index in [1.807, 2.05) is 48.5 Å². The molecule has 0 aliphatic heterocycles. The van der Waals surface area contributed by atoms with Crippen LogP contribution in [0.15, 0.2) is 84.9 Å². The van der Waals surface area contributed by atoms with E-state index in [9.17, 15) is 9.50 Å². The zero-order chi connectivity index (χ0) is 20.9. The zero-order valence-corrected chi connectivity index (χ0v) is 16.4. The van der Waals surface area contributed by atoms with Crippen LogP contribution in [-0.4, -0.2) is 10.1 Å². The lowest BCUT2D eigenvalue weighted by Crippen LogP contribution is -1.95. The number of pyridine rings is 1. The number of rotatable bonds is 6. The van der Waals surface area contributed by atoms with Gasteiger partial charge >= 0.3 is 0 Å². The number of aromatic nitrogens is 1. The van der Waals surface area contributed by atoms with Crippen molar-refractivity contribution in [2.75, 3.05) is 0 Å². The summed E-state index contributed by atoms with van der Waals surface area (Å²) in [4.78, 5) is 4.48. The second-order valence-corrected chi connectivity index (χ2v) is 6.88. The fourth-order valence-electron chi connectivity index (χ4n) is 3.00. The number of phenols is 1. The van der Waals surface area contributed by atoms with Gasteiger partial charge in [0.15, 0.2) is 11.6 Å². The number of nitrogens with zero attached hydrogens (tertiary/aromatic N) is 1. The van der Waals surface area contributed by atoms with Gasteiger partial charge < -0.3 is 14.6 Å². The van der Waals surface area contributed by atoms with Crippen LogP contribution in [0.25, 0.3) is 11.3 Å². The van der Waals surface area contributed by atoms with E-state index >= 15 is 0 Å². The van der Waals surface area contributed by atoms with E-state index in [4.69, 9.17) is 9.47 Å². The Labute approximate surface area is 174 Å². The van der Waals surface area contributed by atoms with Crippen molar-refractivity contribution in [1.29, 1.82) is 0 Å². The van der Waals surface area contributed by atoms with Gasteiger partial charge in [0.05, 0.1) is 5.69 Å². The Bertz CT molecular complexity index is 1160. The second kappa shape index (κ2) is 8.66. The molecule has 1 N–H and O–H groups in total. The van der Waals surface area contributed by atoms with Crippen LogP contribution < -0.4 is 9.47 Å². The third kappa shape index (κ3) is 4.75. The Morgan fingerprint density at radius 3 is 2.40 bits per heavy atom. The minimum atomic E-state index is -0.700. The number of ether oxygens (including phenoxy) is 2. The summed E-state index contributed by atoms with van der Waals surface area (Å²) < 4.78 is 24.7. The van der Waals surface area contributed by atoms with E-state index in [0.717, 1.165) is 28.6 Å². The van der Waals surface area contributed by atoms with Crippen LogP contribution in [0, 0.1) is 12.7 Å². The Hall–Kier alpha value is -3.86. The van der Waals surface area contributed by atoms with Crippen LogP contribution in [0.3, 0.4) is 0 Å². The van der Waals surface area contributed by atoms with Crippen molar-refractivity contribution in [1.82, 2.24) is 4.98 Å². The van der Waals surface area contributed by atoms with Crippen molar-refractivity contribution >= 4 is 0 Å². The SMILES string of the molecule is Cc1cccc(COc2ccc(-c3cccc(Oc4ccc(F)c(O)c4)n3)cc2)c1. The average Bonchev–Trinajstić information content (AvgIpc) is 2.76. The first-order valence-electron chi connectivity index (χ1n) is 9.49. The van der Waals surface area contributed by atoms with E-state index < -0.39 is 11.6 Å². The summed E-state index contributed by atoms with van der Waals surface area (Å²) in [6, 6.07) is 25.1. The maximum absolute atomic E-state index is 13.2. The number of hydrogen-bond donors (Lipinski definition) is 1. The fourth-order valence-corrected chi connectivity index (χ4v) is 3.00. The highest BCUT2D eigenvalue weighted by Gasteiger charge is 2.07. The predicted molar refractivity (Wildman–Crippen MR) is 113 cm³/mol. The van der Waals surface area contributed by atoms with Gasteiger partial charge in [0.2, 0.25) is 5.88 Å². The first kappa shape index (κ1) is 19.5. The van der Waals surface area contributed by atoms with Crippen LogP contribution in [0.5, 0.6) is 23.1 Å². The van der Waals surface area contributed by atoms with Gasteiger partial charge in [-0.15, -0.1) is 0 Å². The van der Waals surface area contributed by atoms with Gasteiger partial charge in [-0.1, -0.05) is 35.9 Å². The van der Waals surface area contributed by atoms with Crippen molar-refractivity contribution in [3.05, 3.63) is 102 Å². The number of benzene rings is 3. The molecule has 5 heteroatoms. The molecule has 4 nitrogen and oxygen atoms in total. The highest BCUT2D eigenvalue weighted by molar-refractivity contribution is 5.60. The Balaban J connectivity index is 1.45. The van der Waals surface area contributed by atoms with Gasteiger partial charge in [-0.2, -0.15) is 0 Å². The third-order valence-corrected chi connectivity index (χ3v) is 4.50. The maximum Gasteiger partial charge on any atom is 0.219 e. The monoisotopic (exact) mass is 401 g/mol. The molecule has 3 aromatic carbocycles. The molecule has 0 aliphatic rings. The van der Waals surface area contributed by atoms with E-state index in [2.05, 4.69) is 24.0 Å². The summed E-state index contributed by atoms with van der Waals surface area (Å²) in [5.74, 6) is 0.254. The smallest absolute Gasteiger partial charge is 0.219 e. The van der Waals surface area contributed by atoms with Crippen molar-refractivity contribution in [2.45, 2.75) is 13.5 Å². The molecule has 4 rings (SSSR count). The van der Waals surface area contributed by atoms with E-state index in [0.29, 0.717) is 18.2 Å². The highest BCUT2D eigenvalue weighted by atomic mass is 19.1. The molecule has 30 heavy (non-hydrogen) atoms. The molecule has 0 amide bonds. The second-order valence-electron chi connectivity index (χ2n) is 6.88. The lowest BCUT2D eigenvalue weighted by molar-refractivity contribution is 0.306. The summed E-state index contributed by atoms with van der Waals surface area (Å²) in [5, 5.41) is 9.48. The first-order valence-corrected chi connectivity index (χ1v) is 9.49. The molecule has 0 radical (unpaired) electrons. The Morgan fingerprint density at radius 1 is 0.867 bits per heavy atom. The van der Waals surface area contributed by atoms with Gasteiger partial charge in [-0.05, 0) is 55.0 Å². The summed E-state index contributed by atoms with van der Waals surface area (Å²) >= 11 is 0. The molecule has 0 fully saturated rings. The normalized spacial score (nSPS) is 10.6. The molecule has 0 spiro atoms. The zero-order valence-electron chi connectivity index (χ0n) is 16.4. The standard InChI is InChI=1S/C25H20FNO3/c1-17-4-2-5-18(14-17)16-29-20-10-8-19(9-11-20)23-6-3-7-25(27-23)30-21-12-13-22(26)24(28)15-21/h2-15,28H,16H2,1H3. The summed E-state index contributed by atoms with van der Waals surface area (Å²) in [6.07, 6.45) is 0. The lowest BCUT2D eigenvalue weighted by atomic mass is 10.1. The molecule has 0 atom stereocenters. The average molecular weight is 401 g/mol. The minimum Gasteiger partial charge on any atom is -0.505 e. The van der Waals surface area contributed by atoms with E-state index in [1.165, 1.54) is 17.7 Å². The number of halogens is 1. The topological polar surface area (TPSA) is 51.6 Å². The summed E-state index contributed by atoms with van der Waals surface area (Å²) in [7, 11) is 0. The lowest BCUT2D eigenvalue weighted by Gasteiger charge is -2.09. The van der Waals surface area contributed by atoms with E-state index in [-0.39, 0.29) is 0 Å². The van der Waals surface area contributed by atoms with Crippen molar-refractivity contribution in [3.8, 4) is 34.4 Å². The summed E-state index contributed by atoms with van der Waals surface area (Å²) in [5.41, 5.74) is 3.96. The van der Waals surface area contributed by atoms with Gasteiger partial charge in [-0.3, -0.25) is 0 Å². The maximum atomic E-state index is 13.2. The van der Waals surface area contributed by atoms with Gasteiger partial charge in [0.1, 0.15) is 18.1 Å². The molecule has 0 aliphatic carbocycles. The van der Waals surface area contributed by atoms with Crippen LogP contribution >= 0.6 is 0 Å². The number of aryl methyl sites for hydroxylation is 1. The molecule has 150 valence electrons. The number of aromatic hydroxyl groups is 1. The van der Waals surface area contributed by atoms with Crippen molar-refractivity contribution < 1.29 is 19.0 Å². The molecule has 0 unspecified atom stereocenters. The molecule has 1 aromatic heterocycles. The molecular formula is C25H20FNO3. The van der Waals surface area contributed by atoms with E-state index in [1.54, 1.807) is 6.07 Å². The van der Waals surface area contributed by atoms with Gasteiger partial charge in [-0.25, -0.2) is 9.37 Å². The first-order chi connectivity index (χ1) is 14.6. The number of hydrogen-bond acceptors (Lipinski definition) is 4. The van der Waals surface area contributed by atoms with Crippen LogP contribution in [0.4, 0.5) is 4.39 Å². The minimum absolute atomic E-state index is 0.304. The highest BCUT2D eigenvalue weighted by Crippen LogP contribution is 2.28. The molecule has 0 bridgehead atoms. The fraction of sp³-hybridized carbons (Fsp3) is 0.0800. The van der Waals surface area contributed by atoms with Crippen LogP contribution in [-0.2, 0) is 6.61 Å². The predicted octanol–water partition coefficient (Wildman–Crippen LogP) is 6.27. The molecule has 0 saturated heterocycles. The quantitative estimate of drug-likeness (QED) is 0.413. The molecule has 0 saturated carbocycles. The molecule has 4 aromatic rings. The van der Waals surface area contributed by atoms with Crippen molar-refractivity contribution in [2.24, 2.45) is 0 Å². The Morgan fingerprint density at radius 2 is 1.63 bits per heavy atom. The van der Waals surface area contributed by atoms with Gasteiger partial charge in [0, 0.05) is 17.7 Å². The summed E-state index contributed by atoms with van der Waals surface area (Å²) in [6.45, 7) is 2.56. The largest absolute Gasteiger partial charge is 0.505 e. The molecule has 1 heterocycles. The van der Waals surface area contributed by atoms with Gasteiger partial charge in [0.25, 0.3) is 0 Å². The third-order valence-electron chi connectivity index (χ3n) is 4.50.